The molecule has 0 aromatic heterocycles. The topological polar surface area (TPSA) is 52.6 Å². The van der Waals surface area contributed by atoms with Crippen molar-refractivity contribution in [2.75, 3.05) is 13.2 Å². The molecule has 2 aliphatic carbocycles. The van der Waals surface area contributed by atoms with Crippen molar-refractivity contribution in [3.05, 3.63) is 94.1 Å². The minimum atomic E-state index is -0.320. The molecule has 0 atom stereocenters. The molecule has 0 saturated carbocycles. The lowest BCUT2D eigenvalue weighted by Gasteiger charge is -2.31. The van der Waals surface area contributed by atoms with Crippen LogP contribution < -0.4 is 0 Å². The third kappa shape index (κ3) is 5.76. The van der Waals surface area contributed by atoms with E-state index in [-0.39, 0.29) is 28.2 Å². The molecule has 0 fully saturated rings. The Morgan fingerprint density at radius 3 is 1.44 bits per heavy atom. The lowest BCUT2D eigenvalue weighted by Crippen LogP contribution is -2.27. The molecule has 0 aliphatic heterocycles. The molecule has 0 unspecified atom stereocenters. The van der Waals surface area contributed by atoms with E-state index in [0.717, 1.165) is 38.5 Å². The molecule has 39 heavy (non-hydrogen) atoms. The first-order valence-electron chi connectivity index (χ1n) is 14.2. The summed E-state index contributed by atoms with van der Waals surface area (Å²) >= 11 is 0. The fourth-order valence-corrected chi connectivity index (χ4v) is 6.88. The Labute approximate surface area is 234 Å². The predicted octanol–water partition coefficient (Wildman–Crippen LogP) is 7.44. The molecule has 2 aliphatic rings. The SMILES string of the molecule is C=C(C)C(=O)OCCCc1ccc2c(c1)C1(CC2(C)C)CC(C)(C)c2ccc(CCCOC(=O)C(=C)C)cc21. The number of ether oxygens (including phenoxy) is 2. The molecule has 0 heterocycles. The number of esters is 2. The summed E-state index contributed by atoms with van der Waals surface area (Å²) in [4.78, 5) is 23.5. The van der Waals surface area contributed by atoms with Gasteiger partial charge in [-0.2, -0.15) is 0 Å². The third-order valence-electron chi connectivity index (χ3n) is 8.53. The van der Waals surface area contributed by atoms with Crippen molar-refractivity contribution in [1.29, 1.82) is 0 Å². The van der Waals surface area contributed by atoms with Crippen molar-refractivity contribution >= 4 is 11.9 Å². The van der Waals surface area contributed by atoms with Gasteiger partial charge in [-0.25, -0.2) is 9.59 Å². The minimum absolute atomic E-state index is 0.0253. The number of fused-ring (bicyclic) bond motifs is 4. The van der Waals surface area contributed by atoms with Gasteiger partial charge in [0.05, 0.1) is 13.2 Å². The van der Waals surface area contributed by atoms with Crippen LogP contribution >= 0.6 is 0 Å². The third-order valence-corrected chi connectivity index (χ3v) is 8.53. The number of carbonyl (C=O) groups is 2. The van der Waals surface area contributed by atoms with Gasteiger partial charge in [0, 0.05) is 16.6 Å². The highest BCUT2D eigenvalue weighted by atomic mass is 16.5. The summed E-state index contributed by atoms with van der Waals surface area (Å²) in [5.41, 5.74) is 9.40. The monoisotopic (exact) mass is 528 g/mol. The van der Waals surface area contributed by atoms with Gasteiger partial charge in [-0.15, -0.1) is 0 Å². The van der Waals surface area contributed by atoms with Gasteiger partial charge < -0.3 is 9.47 Å². The van der Waals surface area contributed by atoms with E-state index in [2.05, 4.69) is 77.3 Å². The molecular weight excluding hydrogens is 484 g/mol. The fourth-order valence-electron chi connectivity index (χ4n) is 6.88. The number of benzene rings is 2. The first-order chi connectivity index (χ1) is 18.3. The first kappa shape index (κ1) is 28.9. The lowest BCUT2D eigenvalue weighted by molar-refractivity contribution is -0.139. The fraction of sp³-hybridized carbons (Fsp3) is 0.486. The maximum atomic E-state index is 11.7. The van der Waals surface area contributed by atoms with Crippen LogP contribution in [0.3, 0.4) is 0 Å². The molecule has 4 nitrogen and oxygen atoms in total. The highest BCUT2D eigenvalue weighted by Crippen LogP contribution is 2.62. The molecule has 0 bridgehead atoms. The van der Waals surface area contributed by atoms with Crippen LogP contribution in [0.25, 0.3) is 0 Å². The maximum Gasteiger partial charge on any atom is 0.333 e. The van der Waals surface area contributed by atoms with Crippen molar-refractivity contribution in [3.63, 3.8) is 0 Å². The van der Waals surface area contributed by atoms with Crippen LogP contribution in [0.1, 0.15) is 101 Å². The zero-order chi connectivity index (χ0) is 28.6. The molecule has 0 N–H and O–H groups in total. The van der Waals surface area contributed by atoms with Crippen LogP contribution in [0.4, 0.5) is 0 Å². The van der Waals surface area contributed by atoms with Crippen LogP contribution in [0.2, 0.25) is 0 Å². The van der Waals surface area contributed by atoms with Crippen molar-refractivity contribution in [1.82, 2.24) is 0 Å². The van der Waals surface area contributed by atoms with Gasteiger partial charge in [0.25, 0.3) is 0 Å². The van der Waals surface area contributed by atoms with Gasteiger partial charge in [0.15, 0.2) is 0 Å². The maximum absolute atomic E-state index is 11.7. The average molecular weight is 529 g/mol. The number of aryl methyl sites for hydroxylation is 2. The summed E-state index contributed by atoms with van der Waals surface area (Å²) in [6.07, 6.45) is 5.49. The van der Waals surface area contributed by atoms with Crippen LogP contribution in [0, 0.1) is 0 Å². The van der Waals surface area contributed by atoms with E-state index in [4.69, 9.17) is 9.47 Å². The Balaban J connectivity index is 1.60. The second kappa shape index (κ2) is 10.8. The van der Waals surface area contributed by atoms with E-state index in [9.17, 15) is 9.59 Å². The van der Waals surface area contributed by atoms with Crippen LogP contribution in [-0.2, 0) is 48.1 Å². The quantitative estimate of drug-likeness (QED) is 0.183. The summed E-state index contributed by atoms with van der Waals surface area (Å²) in [6, 6.07) is 14.0. The molecule has 0 radical (unpaired) electrons. The number of carbonyl (C=O) groups excluding carboxylic acids is 2. The molecule has 1 spiro atoms. The predicted molar refractivity (Wildman–Crippen MR) is 157 cm³/mol. The van der Waals surface area contributed by atoms with Gasteiger partial charge in [-0.1, -0.05) is 77.3 Å². The van der Waals surface area contributed by atoms with Crippen molar-refractivity contribution < 1.29 is 19.1 Å². The van der Waals surface area contributed by atoms with E-state index < -0.39 is 0 Å². The van der Waals surface area contributed by atoms with Gasteiger partial charge >= 0.3 is 11.9 Å². The standard InChI is InChI=1S/C35H44O4/c1-23(2)31(36)38-17-9-11-25-13-15-27-29(19-25)35(21-33(27,5)6)22-34(7,8)28-16-14-26(20-30(28)35)12-10-18-39-32(37)24(3)4/h13-16,19-20H,1,3,9-12,17-18,21-22H2,2,4-8H3. The Kier molecular flexibility index (Phi) is 7.98. The first-order valence-corrected chi connectivity index (χ1v) is 14.2. The molecular formula is C35H44O4. The summed E-state index contributed by atoms with van der Waals surface area (Å²) < 4.78 is 10.7. The lowest BCUT2D eigenvalue weighted by atomic mass is 9.72. The summed E-state index contributed by atoms with van der Waals surface area (Å²) in [7, 11) is 0. The van der Waals surface area contributed by atoms with Gasteiger partial charge in [-0.3, -0.25) is 0 Å². The number of hydrogen-bond donors (Lipinski definition) is 0. The number of hydrogen-bond acceptors (Lipinski definition) is 4. The van der Waals surface area contributed by atoms with Crippen LogP contribution in [0.15, 0.2) is 60.7 Å². The van der Waals surface area contributed by atoms with Gasteiger partial charge in [-0.05, 0) is 96.6 Å². The Morgan fingerprint density at radius 1 is 0.692 bits per heavy atom. The molecule has 2 aromatic rings. The molecule has 4 rings (SSSR count). The Bertz CT molecular complexity index is 1210. The summed E-state index contributed by atoms with van der Waals surface area (Å²) in [6.45, 7) is 21.0. The van der Waals surface area contributed by atoms with E-state index in [1.165, 1.54) is 33.4 Å². The Morgan fingerprint density at radius 2 is 1.08 bits per heavy atom. The second-order valence-corrected chi connectivity index (χ2v) is 13.0. The van der Waals surface area contributed by atoms with Crippen molar-refractivity contribution in [2.45, 2.75) is 96.3 Å². The molecule has 4 heteroatoms. The molecule has 208 valence electrons. The number of rotatable bonds is 10. The average Bonchev–Trinajstić information content (AvgIpc) is 3.23. The Hall–Kier alpha value is -3.14. The van der Waals surface area contributed by atoms with E-state index in [1.807, 2.05) is 0 Å². The highest BCUT2D eigenvalue weighted by molar-refractivity contribution is 5.87. The van der Waals surface area contributed by atoms with E-state index in [1.54, 1.807) is 13.8 Å². The van der Waals surface area contributed by atoms with Crippen LogP contribution in [0.5, 0.6) is 0 Å². The minimum Gasteiger partial charge on any atom is -0.462 e. The highest BCUT2D eigenvalue weighted by Gasteiger charge is 2.56. The smallest absolute Gasteiger partial charge is 0.333 e. The summed E-state index contributed by atoms with van der Waals surface area (Å²) in [5, 5.41) is 0. The van der Waals surface area contributed by atoms with Crippen LogP contribution in [-0.4, -0.2) is 25.2 Å². The normalized spacial score (nSPS) is 17.4. The van der Waals surface area contributed by atoms with Crippen molar-refractivity contribution in [2.24, 2.45) is 0 Å². The zero-order valence-electron chi connectivity index (χ0n) is 24.7. The van der Waals surface area contributed by atoms with Gasteiger partial charge in [0.2, 0.25) is 0 Å². The summed E-state index contributed by atoms with van der Waals surface area (Å²) in [5.74, 6) is -0.640. The van der Waals surface area contributed by atoms with E-state index in [0.29, 0.717) is 24.4 Å². The largest absolute Gasteiger partial charge is 0.462 e. The van der Waals surface area contributed by atoms with Gasteiger partial charge in [0.1, 0.15) is 0 Å². The zero-order valence-corrected chi connectivity index (χ0v) is 24.7. The molecule has 0 amide bonds. The molecule has 2 aromatic carbocycles. The van der Waals surface area contributed by atoms with Crippen molar-refractivity contribution in [3.8, 4) is 0 Å². The molecule has 0 saturated heterocycles. The second-order valence-electron chi connectivity index (χ2n) is 13.0. The van der Waals surface area contributed by atoms with E-state index >= 15 is 0 Å².